The van der Waals surface area contributed by atoms with Gasteiger partial charge >= 0.3 is 5.97 Å². The van der Waals surface area contributed by atoms with Crippen LogP contribution in [-0.4, -0.2) is 60.3 Å². The van der Waals surface area contributed by atoms with Crippen molar-refractivity contribution in [3.8, 4) is 0 Å². The van der Waals surface area contributed by atoms with Crippen molar-refractivity contribution >= 4 is 11.9 Å². The van der Waals surface area contributed by atoms with E-state index in [2.05, 4.69) is 5.32 Å². The molecule has 6 heteroatoms. The molecular formula is C13H24N2O4. The lowest BCUT2D eigenvalue weighted by molar-refractivity contribution is -0.143. The van der Waals surface area contributed by atoms with E-state index in [9.17, 15) is 14.7 Å². The normalized spacial score (nSPS) is 23.0. The molecule has 0 aromatic heterocycles. The molecule has 6 nitrogen and oxygen atoms in total. The molecule has 1 rings (SSSR count). The summed E-state index contributed by atoms with van der Waals surface area (Å²) in [5.74, 6) is -1.47. The summed E-state index contributed by atoms with van der Waals surface area (Å²) in [5.41, 5.74) is 0. The van der Waals surface area contributed by atoms with E-state index in [-0.39, 0.29) is 31.1 Å². The van der Waals surface area contributed by atoms with Gasteiger partial charge in [0.15, 0.2) is 0 Å². The predicted octanol–water partition coefficient (Wildman–Crippen LogP) is 0.323. The minimum Gasteiger partial charge on any atom is -0.481 e. The fourth-order valence-corrected chi connectivity index (χ4v) is 2.34. The molecule has 0 saturated carbocycles. The predicted molar refractivity (Wildman–Crippen MR) is 70.9 cm³/mol. The van der Waals surface area contributed by atoms with Gasteiger partial charge in [0.25, 0.3) is 0 Å². The Morgan fingerprint density at radius 2 is 2.11 bits per heavy atom. The summed E-state index contributed by atoms with van der Waals surface area (Å²) in [6.07, 6.45) is 0.873. The van der Waals surface area contributed by atoms with E-state index in [4.69, 9.17) is 4.74 Å². The first-order valence-electron chi connectivity index (χ1n) is 6.79. The Hall–Kier alpha value is -1.14. The number of carbonyl (C=O) groups is 2. The van der Waals surface area contributed by atoms with E-state index >= 15 is 0 Å². The minimum atomic E-state index is -0.854. The molecule has 0 aromatic carbocycles. The summed E-state index contributed by atoms with van der Waals surface area (Å²) in [6.45, 7) is 7.35. The number of carboxylic acid groups (broad SMARTS) is 1. The molecule has 110 valence electrons. The lowest BCUT2D eigenvalue weighted by Crippen LogP contribution is -2.48. The quantitative estimate of drug-likeness (QED) is 0.698. The summed E-state index contributed by atoms with van der Waals surface area (Å²) in [7, 11) is 0. The van der Waals surface area contributed by atoms with Gasteiger partial charge in [-0.05, 0) is 26.8 Å². The van der Waals surface area contributed by atoms with Gasteiger partial charge in [-0.2, -0.15) is 0 Å². The molecule has 0 radical (unpaired) electrons. The van der Waals surface area contributed by atoms with E-state index in [1.165, 1.54) is 0 Å². The highest BCUT2D eigenvalue weighted by Crippen LogP contribution is 2.20. The third kappa shape index (κ3) is 4.80. The zero-order valence-electron chi connectivity index (χ0n) is 11.9. The maximum atomic E-state index is 11.8. The molecule has 2 atom stereocenters. The number of carbonyl (C=O) groups excluding carboxylic acids is 1. The van der Waals surface area contributed by atoms with E-state index in [1.807, 2.05) is 25.7 Å². The van der Waals surface area contributed by atoms with Crippen LogP contribution in [-0.2, 0) is 14.3 Å². The Morgan fingerprint density at radius 1 is 1.42 bits per heavy atom. The smallest absolute Gasteiger partial charge is 0.310 e. The molecule has 0 aromatic rings. The highest BCUT2D eigenvalue weighted by molar-refractivity contribution is 5.78. The molecular weight excluding hydrogens is 248 g/mol. The second kappa shape index (κ2) is 7.45. The number of carboxylic acids is 1. The topological polar surface area (TPSA) is 78.9 Å². The molecule has 1 amide bonds. The highest BCUT2D eigenvalue weighted by atomic mass is 16.5. The Morgan fingerprint density at radius 3 is 2.63 bits per heavy atom. The van der Waals surface area contributed by atoms with Crippen molar-refractivity contribution in [2.24, 2.45) is 5.92 Å². The average Bonchev–Trinajstić information content (AvgIpc) is 2.75. The van der Waals surface area contributed by atoms with Crippen LogP contribution in [0.5, 0.6) is 0 Å². The SMILES string of the molecule is CCCN(CC(=O)NC(C)C)C1COCC1C(=O)O. The van der Waals surface area contributed by atoms with Crippen molar-refractivity contribution in [1.82, 2.24) is 10.2 Å². The first kappa shape index (κ1) is 15.9. The van der Waals surface area contributed by atoms with Gasteiger partial charge in [-0.15, -0.1) is 0 Å². The zero-order chi connectivity index (χ0) is 14.4. The minimum absolute atomic E-state index is 0.0699. The Balaban J connectivity index is 2.65. The number of nitrogens with zero attached hydrogens (tertiary/aromatic N) is 1. The summed E-state index contributed by atoms with van der Waals surface area (Å²) < 4.78 is 5.27. The van der Waals surface area contributed by atoms with Gasteiger partial charge in [-0.3, -0.25) is 14.5 Å². The van der Waals surface area contributed by atoms with E-state index in [0.29, 0.717) is 13.2 Å². The van der Waals surface area contributed by atoms with Gasteiger partial charge in [0, 0.05) is 12.1 Å². The van der Waals surface area contributed by atoms with Crippen molar-refractivity contribution in [3.05, 3.63) is 0 Å². The fraction of sp³-hybridized carbons (Fsp3) is 0.846. The number of rotatable bonds is 7. The van der Waals surface area contributed by atoms with Gasteiger partial charge in [-0.25, -0.2) is 0 Å². The van der Waals surface area contributed by atoms with Crippen LogP contribution in [0, 0.1) is 5.92 Å². The molecule has 1 fully saturated rings. The van der Waals surface area contributed by atoms with E-state index in [1.54, 1.807) is 0 Å². The molecule has 1 aliphatic heterocycles. The Labute approximate surface area is 114 Å². The van der Waals surface area contributed by atoms with Gasteiger partial charge < -0.3 is 15.2 Å². The molecule has 2 unspecified atom stereocenters. The van der Waals surface area contributed by atoms with Crippen LogP contribution in [0.2, 0.25) is 0 Å². The molecule has 0 bridgehead atoms. The van der Waals surface area contributed by atoms with Crippen molar-refractivity contribution in [3.63, 3.8) is 0 Å². The summed E-state index contributed by atoms with van der Waals surface area (Å²) >= 11 is 0. The summed E-state index contributed by atoms with van der Waals surface area (Å²) in [6, 6.07) is -0.124. The van der Waals surface area contributed by atoms with E-state index < -0.39 is 11.9 Å². The van der Waals surface area contributed by atoms with Crippen LogP contribution in [0.25, 0.3) is 0 Å². The number of nitrogens with one attached hydrogen (secondary N) is 1. The second-order valence-corrected chi connectivity index (χ2v) is 5.24. The second-order valence-electron chi connectivity index (χ2n) is 5.24. The lowest BCUT2D eigenvalue weighted by Gasteiger charge is -2.29. The lowest BCUT2D eigenvalue weighted by atomic mass is 10.0. The van der Waals surface area contributed by atoms with Gasteiger partial charge in [0.1, 0.15) is 0 Å². The van der Waals surface area contributed by atoms with Crippen LogP contribution in [0.1, 0.15) is 27.2 Å². The highest BCUT2D eigenvalue weighted by Gasteiger charge is 2.38. The van der Waals surface area contributed by atoms with Crippen LogP contribution in [0.15, 0.2) is 0 Å². The largest absolute Gasteiger partial charge is 0.481 e. The van der Waals surface area contributed by atoms with Gasteiger partial charge in [0.05, 0.1) is 25.7 Å². The van der Waals surface area contributed by atoms with Gasteiger partial charge in [0.2, 0.25) is 5.91 Å². The standard InChI is InChI=1S/C13H24N2O4/c1-4-5-15(6-12(16)14-9(2)3)11-8-19-7-10(11)13(17)18/h9-11H,4-8H2,1-3H3,(H,14,16)(H,17,18). The molecule has 2 N–H and O–H groups in total. The van der Waals surface area contributed by atoms with Crippen molar-refractivity contribution < 1.29 is 19.4 Å². The van der Waals surface area contributed by atoms with Crippen molar-refractivity contribution in [2.75, 3.05) is 26.3 Å². The van der Waals surface area contributed by atoms with Crippen LogP contribution in [0.4, 0.5) is 0 Å². The van der Waals surface area contributed by atoms with Crippen molar-refractivity contribution in [2.45, 2.75) is 39.3 Å². The Bertz CT molecular complexity index is 320. The maximum absolute atomic E-state index is 11.8. The van der Waals surface area contributed by atoms with Crippen LogP contribution >= 0.6 is 0 Å². The monoisotopic (exact) mass is 272 g/mol. The zero-order valence-corrected chi connectivity index (χ0v) is 11.9. The Kier molecular flexibility index (Phi) is 6.24. The molecule has 1 heterocycles. The van der Waals surface area contributed by atoms with Crippen molar-refractivity contribution in [1.29, 1.82) is 0 Å². The molecule has 1 aliphatic rings. The van der Waals surface area contributed by atoms with Crippen LogP contribution < -0.4 is 5.32 Å². The molecule has 1 saturated heterocycles. The third-order valence-electron chi connectivity index (χ3n) is 3.14. The number of hydrogen-bond acceptors (Lipinski definition) is 4. The summed E-state index contributed by atoms with van der Waals surface area (Å²) in [4.78, 5) is 24.9. The molecule has 0 spiro atoms. The summed E-state index contributed by atoms with van der Waals surface area (Å²) in [5, 5.41) is 12.0. The number of ether oxygens (including phenoxy) is 1. The fourth-order valence-electron chi connectivity index (χ4n) is 2.34. The number of aliphatic carboxylic acids is 1. The first-order chi connectivity index (χ1) is 8.95. The first-order valence-corrected chi connectivity index (χ1v) is 6.79. The van der Waals surface area contributed by atoms with Crippen LogP contribution in [0.3, 0.4) is 0 Å². The van der Waals surface area contributed by atoms with E-state index in [0.717, 1.165) is 6.42 Å². The third-order valence-corrected chi connectivity index (χ3v) is 3.14. The number of hydrogen-bond donors (Lipinski definition) is 2. The van der Waals surface area contributed by atoms with Gasteiger partial charge in [-0.1, -0.05) is 6.92 Å². The maximum Gasteiger partial charge on any atom is 0.310 e. The molecule has 19 heavy (non-hydrogen) atoms. The number of amides is 1. The molecule has 0 aliphatic carbocycles. The average molecular weight is 272 g/mol.